The Hall–Kier alpha value is -2.09. The molecule has 7 nitrogen and oxygen atoms in total. The highest BCUT2D eigenvalue weighted by Crippen LogP contribution is 2.40. The average Bonchev–Trinajstić information content (AvgIpc) is 3.00. The van der Waals surface area contributed by atoms with Gasteiger partial charge in [-0.25, -0.2) is 0 Å². The van der Waals surface area contributed by atoms with Crippen LogP contribution in [0, 0.1) is 0 Å². The third-order valence-electron chi connectivity index (χ3n) is 3.53. The van der Waals surface area contributed by atoms with Crippen molar-refractivity contribution in [3.05, 3.63) is 30.1 Å². The van der Waals surface area contributed by atoms with Crippen molar-refractivity contribution >= 4 is 11.8 Å². The van der Waals surface area contributed by atoms with Gasteiger partial charge in [0.15, 0.2) is 10.9 Å². The van der Waals surface area contributed by atoms with Gasteiger partial charge >= 0.3 is 0 Å². The van der Waals surface area contributed by atoms with Crippen LogP contribution in [0.4, 0.5) is 0 Å². The molecule has 4 rings (SSSR count). The third-order valence-corrected chi connectivity index (χ3v) is 4.48. The molecule has 0 aromatic carbocycles. The SMILES string of the molecule is CCn1c(SCc2nnc(-c3ccco3)o2)nnc1C1CC1. The molecule has 0 bridgehead atoms. The zero-order valence-electron chi connectivity index (χ0n) is 12.1. The maximum absolute atomic E-state index is 5.60. The lowest BCUT2D eigenvalue weighted by molar-refractivity contribution is 0.494. The lowest BCUT2D eigenvalue weighted by Gasteiger charge is -2.04. The summed E-state index contributed by atoms with van der Waals surface area (Å²) in [5.74, 6) is 3.79. The van der Waals surface area contributed by atoms with Crippen molar-refractivity contribution in [2.45, 2.75) is 43.1 Å². The van der Waals surface area contributed by atoms with Gasteiger partial charge < -0.3 is 13.4 Å². The third kappa shape index (κ3) is 2.54. The first kappa shape index (κ1) is 13.6. The largest absolute Gasteiger partial charge is 0.459 e. The molecule has 3 aromatic rings. The zero-order valence-corrected chi connectivity index (χ0v) is 12.9. The molecule has 3 heterocycles. The van der Waals surface area contributed by atoms with Crippen LogP contribution >= 0.6 is 11.8 Å². The minimum atomic E-state index is 0.399. The fourth-order valence-corrected chi connectivity index (χ4v) is 3.13. The number of hydrogen-bond donors (Lipinski definition) is 0. The summed E-state index contributed by atoms with van der Waals surface area (Å²) in [5, 5.41) is 17.5. The summed E-state index contributed by atoms with van der Waals surface area (Å²) < 4.78 is 13.0. The Kier molecular flexibility index (Phi) is 3.45. The number of furan rings is 1. The highest BCUT2D eigenvalue weighted by atomic mass is 32.2. The van der Waals surface area contributed by atoms with Crippen molar-refractivity contribution < 1.29 is 8.83 Å². The summed E-state index contributed by atoms with van der Waals surface area (Å²) in [4.78, 5) is 0. The van der Waals surface area contributed by atoms with Gasteiger partial charge in [0.1, 0.15) is 5.82 Å². The summed E-state index contributed by atoms with van der Waals surface area (Å²) in [6.45, 7) is 2.99. The zero-order chi connectivity index (χ0) is 14.9. The lowest BCUT2D eigenvalue weighted by atomic mass is 10.4. The van der Waals surface area contributed by atoms with Crippen molar-refractivity contribution in [3.63, 3.8) is 0 Å². The fourth-order valence-electron chi connectivity index (χ4n) is 2.29. The molecule has 0 N–H and O–H groups in total. The quantitative estimate of drug-likeness (QED) is 0.646. The summed E-state index contributed by atoms with van der Waals surface area (Å²) in [6.07, 6.45) is 4.02. The molecule has 1 aliphatic rings. The molecule has 0 amide bonds. The second-order valence-corrected chi connectivity index (χ2v) is 6.07. The maximum Gasteiger partial charge on any atom is 0.283 e. The molecule has 22 heavy (non-hydrogen) atoms. The highest BCUT2D eigenvalue weighted by molar-refractivity contribution is 7.98. The van der Waals surface area contributed by atoms with Crippen LogP contribution in [-0.2, 0) is 12.3 Å². The molecule has 1 fully saturated rings. The number of hydrogen-bond acceptors (Lipinski definition) is 7. The number of nitrogens with zero attached hydrogens (tertiary/aromatic N) is 5. The van der Waals surface area contributed by atoms with E-state index in [4.69, 9.17) is 8.83 Å². The van der Waals surface area contributed by atoms with Crippen LogP contribution in [0.3, 0.4) is 0 Å². The van der Waals surface area contributed by atoms with Crippen LogP contribution in [0.5, 0.6) is 0 Å². The molecule has 0 saturated heterocycles. The molecule has 1 saturated carbocycles. The van der Waals surface area contributed by atoms with Gasteiger partial charge in [-0.15, -0.1) is 20.4 Å². The highest BCUT2D eigenvalue weighted by Gasteiger charge is 2.30. The number of aromatic nitrogens is 5. The van der Waals surface area contributed by atoms with Gasteiger partial charge in [-0.05, 0) is 31.9 Å². The van der Waals surface area contributed by atoms with Crippen LogP contribution in [0.25, 0.3) is 11.7 Å². The van der Waals surface area contributed by atoms with Gasteiger partial charge in [0, 0.05) is 12.5 Å². The smallest absolute Gasteiger partial charge is 0.283 e. The van der Waals surface area contributed by atoms with Crippen molar-refractivity contribution in [3.8, 4) is 11.7 Å². The molecular formula is C14H15N5O2S. The second kappa shape index (κ2) is 5.60. The molecule has 0 unspecified atom stereocenters. The van der Waals surface area contributed by atoms with Crippen LogP contribution in [0.15, 0.2) is 32.4 Å². The van der Waals surface area contributed by atoms with E-state index >= 15 is 0 Å². The second-order valence-electron chi connectivity index (χ2n) is 5.13. The van der Waals surface area contributed by atoms with Crippen LogP contribution in [-0.4, -0.2) is 25.0 Å². The van der Waals surface area contributed by atoms with Crippen molar-refractivity contribution in [1.82, 2.24) is 25.0 Å². The van der Waals surface area contributed by atoms with Gasteiger partial charge in [-0.2, -0.15) is 0 Å². The molecule has 1 aliphatic carbocycles. The summed E-state index contributed by atoms with van der Waals surface area (Å²) in [6, 6.07) is 3.58. The van der Waals surface area contributed by atoms with E-state index in [1.54, 1.807) is 30.2 Å². The molecule has 0 spiro atoms. The Balaban J connectivity index is 1.46. The lowest BCUT2D eigenvalue weighted by Crippen LogP contribution is -2.02. The van der Waals surface area contributed by atoms with Gasteiger partial charge in [-0.3, -0.25) is 0 Å². The normalized spacial score (nSPS) is 14.6. The predicted molar refractivity (Wildman–Crippen MR) is 79.2 cm³/mol. The number of thioether (sulfide) groups is 1. The summed E-state index contributed by atoms with van der Waals surface area (Å²) >= 11 is 1.56. The molecular weight excluding hydrogens is 302 g/mol. The van der Waals surface area contributed by atoms with E-state index in [1.165, 1.54) is 12.8 Å². The van der Waals surface area contributed by atoms with Gasteiger partial charge in [-0.1, -0.05) is 11.8 Å². The predicted octanol–water partition coefficient (Wildman–Crippen LogP) is 3.11. The minimum Gasteiger partial charge on any atom is -0.459 e. The molecule has 8 heteroatoms. The first-order valence-electron chi connectivity index (χ1n) is 7.27. The monoisotopic (exact) mass is 317 g/mol. The molecule has 3 aromatic heterocycles. The van der Waals surface area contributed by atoms with Gasteiger partial charge in [0.25, 0.3) is 5.89 Å². The van der Waals surface area contributed by atoms with Crippen molar-refractivity contribution in [2.75, 3.05) is 0 Å². The minimum absolute atomic E-state index is 0.399. The van der Waals surface area contributed by atoms with E-state index in [0.29, 0.717) is 29.2 Å². The standard InChI is InChI=1S/C14H15N5O2S/c1-2-19-12(9-5-6-9)16-18-14(19)22-8-11-15-17-13(21-11)10-4-3-7-20-10/h3-4,7,9H,2,5-6,8H2,1H3. The summed E-state index contributed by atoms with van der Waals surface area (Å²) in [7, 11) is 0. The van der Waals surface area contributed by atoms with E-state index in [1.807, 2.05) is 0 Å². The van der Waals surface area contributed by atoms with Crippen molar-refractivity contribution in [2.24, 2.45) is 0 Å². The van der Waals surface area contributed by atoms with Crippen molar-refractivity contribution in [1.29, 1.82) is 0 Å². The molecule has 114 valence electrons. The Morgan fingerprint density at radius 2 is 2.18 bits per heavy atom. The van der Waals surface area contributed by atoms with E-state index in [2.05, 4.69) is 31.9 Å². The van der Waals surface area contributed by atoms with Crippen LogP contribution in [0.1, 0.15) is 37.4 Å². The van der Waals surface area contributed by atoms with E-state index in [9.17, 15) is 0 Å². The van der Waals surface area contributed by atoms with E-state index < -0.39 is 0 Å². The Morgan fingerprint density at radius 1 is 1.27 bits per heavy atom. The first-order valence-corrected chi connectivity index (χ1v) is 8.26. The topological polar surface area (TPSA) is 82.8 Å². The Bertz CT molecular complexity index is 760. The molecule has 0 aliphatic heterocycles. The molecule has 0 radical (unpaired) electrons. The van der Waals surface area contributed by atoms with E-state index in [-0.39, 0.29) is 0 Å². The fraction of sp³-hybridized carbons (Fsp3) is 0.429. The Labute approximate surface area is 131 Å². The Morgan fingerprint density at radius 3 is 2.91 bits per heavy atom. The van der Waals surface area contributed by atoms with Gasteiger partial charge in [0.05, 0.1) is 12.0 Å². The maximum atomic E-state index is 5.60. The average molecular weight is 317 g/mol. The molecule has 0 atom stereocenters. The summed E-state index contributed by atoms with van der Waals surface area (Å²) in [5.41, 5.74) is 0. The number of rotatable bonds is 6. The van der Waals surface area contributed by atoms with Gasteiger partial charge in [0.2, 0.25) is 5.89 Å². The van der Waals surface area contributed by atoms with Crippen LogP contribution in [0.2, 0.25) is 0 Å². The first-order chi connectivity index (χ1) is 10.8. The van der Waals surface area contributed by atoms with Crippen LogP contribution < -0.4 is 0 Å². The van der Waals surface area contributed by atoms with E-state index in [0.717, 1.165) is 17.5 Å².